The highest BCUT2D eigenvalue weighted by Crippen LogP contribution is 2.43. The van der Waals surface area contributed by atoms with Crippen LogP contribution in [0.5, 0.6) is 5.75 Å². The second kappa shape index (κ2) is 6.27. The Kier molecular flexibility index (Phi) is 5.01. The first-order valence-corrected chi connectivity index (χ1v) is 8.35. The molecule has 0 amide bonds. The van der Waals surface area contributed by atoms with Gasteiger partial charge >= 0.3 is 0 Å². The third-order valence-electron chi connectivity index (χ3n) is 4.47. The summed E-state index contributed by atoms with van der Waals surface area (Å²) >= 11 is 3.68. The molecule has 118 valence electrons. The van der Waals surface area contributed by atoms with Crippen LogP contribution >= 0.6 is 15.9 Å². The molecular formula is C17H27BrN2O. The molecule has 1 heterocycles. The topological polar surface area (TPSA) is 38.5 Å². The average Bonchev–Trinajstić information content (AvgIpc) is 2.78. The number of rotatable bonds is 3. The summed E-state index contributed by atoms with van der Waals surface area (Å²) in [6, 6.07) is 4.87. The number of hydrogen-bond acceptors (Lipinski definition) is 3. The Morgan fingerprint density at radius 2 is 2.05 bits per heavy atom. The number of benzene rings is 1. The molecule has 0 aliphatic carbocycles. The summed E-state index contributed by atoms with van der Waals surface area (Å²) in [6.45, 7) is 8.54. The molecule has 1 saturated heterocycles. The molecule has 4 heteroatoms. The lowest BCUT2D eigenvalue weighted by Crippen LogP contribution is -2.21. The monoisotopic (exact) mass is 354 g/mol. The van der Waals surface area contributed by atoms with Gasteiger partial charge in [0.25, 0.3) is 0 Å². The highest BCUT2D eigenvalue weighted by atomic mass is 79.9. The van der Waals surface area contributed by atoms with Crippen LogP contribution in [0.4, 0.5) is 0 Å². The zero-order valence-corrected chi connectivity index (χ0v) is 15.3. The summed E-state index contributed by atoms with van der Waals surface area (Å²) in [6.07, 6.45) is 1.10. The van der Waals surface area contributed by atoms with E-state index < -0.39 is 0 Å². The fourth-order valence-corrected chi connectivity index (χ4v) is 3.79. The molecule has 0 radical (unpaired) electrons. The number of nitrogens with two attached hydrogens (primary N) is 1. The van der Waals surface area contributed by atoms with Crippen LogP contribution in [0, 0.1) is 5.92 Å². The molecule has 2 unspecified atom stereocenters. The minimum Gasteiger partial charge on any atom is -0.495 e. The Morgan fingerprint density at radius 3 is 2.52 bits per heavy atom. The largest absolute Gasteiger partial charge is 0.495 e. The SMILES string of the molecule is COc1c(Br)cc(C(C)(C)C)cc1C1CC(CN)CN1C. The molecule has 21 heavy (non-hydrogen) atoms. The summed E-state index contributed by atoms with van der Waals surface area (Å²) in [5.41, 5.74) is 8.59. The van der Waals surface area contributed by atoms with Gasteiger partial charge in [-0.1, -0.05) is 20.8 Å². The number of nitrogens with zero attached hydrogens (tertiary/aromatic N) is 1. The fraction of sp³-hybridized carbons (Fsp3) is 0.647. The van der Waals surface area contributed by atoms with Crippen molar-refractivity contribution in [2.75, 3.05) is 27.2 Å². The lowest BCUT2D eigenvalue weighted by atomic mass is 9.84. The van der Waals surface area contributed by atoms with Gasteiger partial charge in [-0.05, 0) is 65.0 Å². The van der Waals surface area contributed by atoms with Crippen molar-refractivity contribution in [1.29, 1.82) is 0 Å². The van der Waals surface area contributed by atoms with Gasteiger partial charge in [-0.25, -0.2) is 0 Å². The first-order chi connectivity index (χ1) is 9.77. The first kappa shape index (κ1) is 16.8. The van der Waals surface area contributed by atoms with Gasteiger partial charge in [0.15, 0.2) is 0 Å². The Labute approximate surface area is 137 Å². The van der Waals surface area contributed by atoms with Crippen molar-refractivity contribution in [3.8, 4) is 5.75 Å². The number of methoxy groups -OCH3 is 1. The van der Waals surface area contributed by atoms with Crippen LogP contribution in [0.1, 0.15) is 44.4 Å². The second-order valence-corrected chi connectivity index (χ2v) is 7.98. The van der Waals surface area contributed by atoms with Gasteiger partial charge in [0, 0.05) is 18.2 Å². The van der Waals surface area contributed by atoms with Crippen molar-refractivity contribution in [2.45, 2.75) is 38.6 Å². The van der Waals surface area contributed by atoms with E-state index in [0.717, 1.165) is 29.7 Å². The van der Waals surface area contributed by atoms with Crippen molar-refractivity contribution >= 4 is 15.9 Å². The van der Waals surface area contributed by atoms with Crippen LogP contribution in [-0.4, -0.2) is 32.1 Å². The molecule has 0 aromatic heterocycles. The number of likely N-dealkylation sites (tertiary alicyclic amines) is 1. The van der Waals surface area contributed by atoms with E-state index in [0.29, 0.717) is 12.0 Å². The van der Waals surface area contributed by atoms with E-state index in [1.807, 2.05) is 0 Å². The van der Waals surface area contributed by atoms with E-state index in [1.165, 1.54) is 11.1 Å². The zero-order valence-electron chi connectivity index (χ0n) is 13.7. The van der Waals surface area contributed by atoms with E-state index in [2.05, 4.69) is 60.8 Å². The summed E-state index contributed by atoms with van der Waals surface area (Å²) in [5, 5.41) is 0. The molecule has 2 atom stereocenters. The molecule has 3 nitrogen and oxygen atoms in total. The second-order valence-electron chi connectivity index (χ2n) is 7.12. The van der Waals surface area contributed by atoms with Crippen molar-refractivity contribution < 1.29 is 4.74 Å². The van der Waals surface area contributed by atoms with Crippen LogP contribution in [0.3, 0.4) is 0 Å². The van der Waals surface area contributed by atoms with Gasteiger partial charge in [-0.2, -0.15) is 0 Å². The van der Waals surface area contributed by atoms with Crippen molar-refractivity contribution in [3.05, 3.63) is 27.7 Å². The molecule has 2 rings (SSSR count). The summed E-state index contributed by atoms with van der Waals surface area (Å²) in [7, 11) is 3.92. The minimum atomic E-state index is 0.119. The number of hydrogen-bond donors (Lipinski definition) is 1. The van der Waals surface area contributed by atoms with Gasteiger partial charge < -0.3 is 10.5 Å². The lowest BCUT2D eigenvalue weighted by molar-refractivity contribution is 0.302. The Morgan fingerprint density at radius 1 is 1.38 bits per heavy atom. The van der Waals surface area contributed by atoms with Gasteiger partial charge in [-0.15, -0.1) is 0 Å². The van der Waals surface area contributed by atoms with Crippen LogP contribution in [0.25, 0.3) is 0 Å². The van der Waals surface area contributed by atoms with Crippen molar-refractivity contribution in [1.82, 2.24) is 4.90 Å². The Hall–Kier alpha value is -0.580. The van der Waals surface area contributed by atoms with E-state index in [4.69, 9.17) is 10.5 Å². The van der Waals surface area contributed by atoms with Gasteiger partial charge in [0.2, 0.25) is 0 Å². The fourth-order valence-electron chi connectivity index (χ4n) is 3.15. The maximum absolute atomic E-state index is 5.87. The molecule has 0 bridgehead atoms. The highest BCUT2D eigenvalue weighted by molar-refractivity contribution is 9.10. The van der Waals surface area contributed by atoms with Crippen LogP contribution in [0.2, 0.25) is 0 Å². The molecule has 0 spiro atoms. The summed E-state index contributed by atoms with van der Waals surface area (Å²) < 4.78 is 6.71. The molecule has 1 fully saturated rings. The first-order valence-electron chi connectivity index (χ1n) is 7.56. The van der Waals surface area contributed by atoms with Crippen molar-refractivity contribution in [3.63, 3.8) is 0 Å². The molecule has 1 aliphatic heterocycles. The summed E-state index contributed by atoms with van der Waals surface area (Å²) in [4.78, 5) is 2.40. The standard InChI is InChI=1S/C17H27BrN2O/c1-17(2,3)12-7-13(16(21-5)14(18)8-12)15-6-11(9-19)10-20(15)4/h7-8,11,15H,6,9-10,19H2,1-5H3. The quantitative estimate of drug-likeness (QED) is 0.898. The predicted molar refractivity (Wildman–Crippen MR) is 91.9 cm³/mol. The average molecular weight is 355 g/mol. The lowest BCUT2D eigenvalue weighted by Gasteiger charge is -2.27. The maximum atomic E-state index is 5.87. The van der Waals surface area contributed by atoms with Crippen LogP contribution in [-0.2, 0) is 5.41 Å². The van der Waals surface area contributed by atoms with E-state index in [-0.39, 0.29) is 5.41 Å². The highest BCUT2D eigenvalue weighted by Gasteiger charge is 2.33. The maximum Gasteiger partial charge on any atom is 0.137 e. The van der Waals surface area contributed by atoms with Crippen LogP contribution in [0.15, 0.2) is 16.6 Å². The Bertz CT molecular complexity index is 510. The third kappa shape index (κ3) is 3.43. The molecule has 1 aromatic rings. The third-order valence-corrected chi connectivity index (χ3v) is 5.06. The van der Waals surface area contributed by atoms with E-state index in [9.17, 15) is 0 Å². The zero-order chi connectivity index (χ0) is 15.8. The van der Waals surface area contributed by atoms with Gasteiger partial charge in [-0.3, -0.25) is 4.90 Å². The predicted octanol–water partition coefficient (Wildman–Crippen LogP) is 3.71. The van der Waals surface area contributed by atoms with E-state index in [1.54, 1.807) is 7.11 Å². The van der Waals surface area contributed by atoms with Gasteiger partial charge in [0.05, 0.1) is 11.6 Å². The molecular weight excluding hydrogens is 328 g/mol. The van der Waals surface area contributed by atoms with Gasteiger partial charge in [0.1, 0.15) is 5.75 Å². The number of ether oxygens (including phenoxy) is 1. The normalized spacial score (nSPS) is 23.6. The van der Waals surface area contributed by atoms with E-state index >= 15 is 0 Å². The summed E-state index contributed by atoms with van der Waals surface area (Å²) in [5.74, 6) is 1.53. The molecule has 1 aliphatic rings. The molecule has 0 saturated carbocycles. The molecule has 2 N–H and O–H groups in total. The van der Waals surface area contributed by atoms with Crippen LogP contribution < -0.4 is 10.5 Å². The smallest absolute Gasteiger partial charge is 0.137 e. The van der Waals surface area contributed by atoms with Crippen molar-refractivity contribution in [2.24, 2.45) is 11.7 Å². The number of halogens is 1. The minimum absolute atomic E-state index is 0.119. The Balaban J connectivity index is 2.48. The molecule has 1 aromatic carbocycles.